The monoisotopic (exact) mass is 390 g/mol. The van der Waals surface area contributed by atoms with Crippen molar-refractivity contribution in [3.05, 3.63) is 63.1 Å². The molecule has 138 valence electrons. The van der Waals surface area contributed by atoms with Crippen molar-refractivity contribution in [2.45, 2.75) is 38.6 Å². The third kappa shape index (κ3) is 3.90. The van der Waals surface area contributed by atoms with Gasteiger partial charge < -0.3 is 5.32 Å². The van der Waals surface area contributed by atoms with Gasteiger partial charge in [0.05, 0.1) is 10.0 Å². The van der Waals surface area contributed by atoms with Crippen molar-refractivity contribution in [3.8, 4) is 0 Å². The van der Waals surface area contributed by atoms with E-state index in [9.17, 15) is 4.79 Å². The van der Waals surface area contributed by atoms with E-state index in [0.29, 0.717) is 16.1 Å². The second-order valence-electron chi connectivity index (χ2n) is 6.92. The first-order chi connectivity index (χ1) is 12.4. The number of halogens is 2. The fourth-order valence-corrected chi connectivity index (χ4v) is 4.16. The van der Waals surface area contributed by atoms with Crippen LogP contribution in [0.3, 0.4) is 0 Å². The molecule has 0 bridgehead atoms. The van der Waals surface area contributed by atoms with Crippen LogP contribution in [0.15, 0.2) is 36.4 Å². The Bertz CT molecular complexity index is 822. The first-order valence-electron chi connectivity index (χ1n) is 8.97. The second kappa shape index (κ2) is 7.99. The number of rotatable bonds is 4. The maximum atomic E-state index is 11.5. The molecule has 0 saturated carbocycles. The fraction of sp³-hybridized carbons (Fsp3) is 0.381. The summed E-state index contributed by atoms with van der Waals surface area (Å²) in [4.78, 5) is 13.8. The molecule has 3 nitrogen and oxygen atoms in total. The van der Waals surface area contributed by atoms with E-state index >= 15 is 0 Å². The highest BCUT2D eigenvalue weighted by Gasteiger charge is 2.30. The van der Waals surface area contributed by atoms with Crippen LogP contribution >= 0.6 is 23.2 Å². The van der Waals surface area contributed by atoms with E-state index in [1.807, 2.05) is 18.2 Å². The van der Waals surface area contributed by atoms with Gasteiger partial charge in [0, 0.05) is 24.6 Å². The standard InChI is InChI=1S/C21H24Cl2N2O/c1-4-25(3)21-10-8-16(14-5-9-19(22)20(23)11-14)17-7-6-15(12-18(17)21)24-13(2)26/h5-7,9,11-12,16,21H,4,8,10H2,1-3H3,(H,24,26). The minimum atomic E-state index is -0.0535. The Hall–Kier alpha value is -1.55. The largest absolute Gasteiger partial charge is 0.326 e. The highest BCUT2D eigenvalue weighted by molar-refractivity contribution is 6.42. The average molecular weight is 391 g/mol. The van der Waals surface area contributed by atoms with Crippen molar-refractivity contribution >= 4 is 34.8 Å². The molecule has 2 atom stereocenters. The summed E-state index contributed by atoms with van der Waals surface area (Å²) in [5, 5.41) is 4.08. The van der Waals surface area contributed by atoms with Gasteiger partial charge >= 0.3 is 0 Å². The van der Waals surface area contributed by atoms with E-state index in [1.165, 1.54) is 23.6 Å². The van der Waals surface area contributed by atoms with Crippen molar-refractivity contribution in [1.82, 2.24) is 4.90 Å². The first-order valence-corrected chi connectivity index (χ1v) is 9.73. The number of hydrogen-bond acceptors (Lipinski definition) is 2. The van der Waals surface area contributed by atoms with Crippen LogP contribution in [0.5, 0.6) is 0 Å². The maximum absolute atomic E-state index is 11.5. The Kier molecular flexibility index (Phi) is 5.91. The Balaban J connectivity index is 2.06. The number of carbonyl (C=O) groups excluding carboxylic acids is 1. The molecule has 2 aromatic rings. The SMILES string of the molecule is CCN(C)C1CCC(c2ccc(Cl)c(Cl)c2)c2ccc(NC(C)=O)cc21. The molecule has 0 aromatic heterocycles. The molecule has 0 heterocycles. The van der Waals surface area contributed by atoms with E-state index in [1.54, 1.807) is 0 Å². The predicted octanol–water partition coefficient (Wildman–Crippen LogP) is 5.87. The molecule has 0 spiro atoms. The van der Waals surface area contributed by atoms with Gasteiger partial charge in [-0.25, -0.2) is 0 Å². The molecule has 2 unspecified atom stereocenters. The van der Waals surface area contributed by atoms with E-state index in [-0.39, 0.29) is 11.8 Å². The number of amides is 1. The Morgan fingerprint density at radius 2 is 1.88 bits per heavy atom. The van der Waals surface area contributed by atoms with Crippen LogP contribution in [-0.4, -0.2) is 24.4 Å². The molecule has 0 aliphatic heterocycles. The van der Waals surface area contributed by atoms with Gasteiger partial charge in [-0.05, 0) is 67.4 Å². The van der Waals surface area contributed by atoms with Crippen molar-refractivity contribution in [3.63, 3.8) is 0 Å². The summed E-state index contributed by atoms with van der Waals surface area (Å²) in [5.74, 6) is 0.231. The van der Waals surface area contributed by atoms with Crippen LogP contribution in [0.25, 0.3) is 0 Å². The first kappa shape index (κ1) is 19.2. The van der Waals surface area contributed by atoms with Gasteiger partial charge in [-0.1, -0.05) is 42.3 Å². The van der Waals surface area contributed by atoms with Gasteiger partial charge in [0.2, 0.25) is 5.91 Å². The van der Waals surface area contributed by atoms with Crippen LogP contribution in [0.4, 0.5) is 5.69 Å². The van der Waals surface area contributed by atoms with Crippen LogP contribution < -0.4 is 5.32 Å². The number of anilines is 1. The molecule has 0 saturated heterocycles. The second-order valence-corrected chi connectivity index (χ2v) is 7.73. The zero-order valence-electron chi connectivity index (χ0n) is 15.4. The van der Waals surface area contributed by atoms with Crippen LogP contribution in [0.1, 0.15) is 55.3 Å². The Morgan fingerprint density at radius 3 is 2.54 bits per heavy atom. The lowest BCUT2D eigenvalue weighted by Gasteiger charge is -2.37. The third-order valence-corrected chi connectivity index (χ3v) is 5.99. The zero-order valence-corrected chi connectivity index (χ0v) is 16.9. The Labute approximate surface area is 165 Å². The number of nitrogens with one attached hydrogen (secondary N) is 1. The molecule has 2 aromatic carbocycles. The van der Waals surface area contributed by atoms with Crippen molar-refractivity contribution in [2.24, 2.45) is 0 Å². The van der Waals surface area contributed by atoms with E-state index in [0.717, 1.165) is 25.1 Å². The average Bonchev–Trinajstić information content (AvgIpc) is 2.62. The number of hydrogen-bond donors (Lipinski definition) is 1. The minimum Gasteiger partial charge on any atom is -0.326 e. The highest BCUT2D eigenvalue weighted by Crippen LogP contribution is 2.45. The molecule has 0 radical (unpaired) electrons. The number of nitrogens with zero attached hydrogens (tertiary/aromatic N) is 1. The van der Waals surface area contributed by atoms with Gasteiger partial charge in [-0.3, -0.25) is 9.69 Å². The quantitative estimate of drug-likeness (QED) is 0.707. The van der Waals surface area contributed by atoms with E-state index < -0.39 is 0 Å². The Morgan fingerprint density at radius 1 is 1.12 bits per heavy atom. The fourth-order valence-electron chi connectivity index (χ4n) is 3.85. The lowest BCUT2D eigenvalue weighted by atomic mass is 9.76. The molecule has 26 heavy (non-hydrogen) atoms. The molecule has 1 N–H and O–H groups in total. The highest BCUT2D eigenvalue weighted by atomic mass is 35.5. The lowest BCUT2D eigenvalue weighted by molar-refractivity contribution is -0.114. The predicted molar refractivity (Wildman–Crippen MR) is 109 cm³/mol. The minimum absolute atomic E-state index is 0.0535. The smallest absolute Gasteiger partial charge is 0.221 e. The van der Waals surface area contributed by atoms with E-state index in [2.05, 4.69) is 42.4 Å². The number of benzene rings is 2. The van der Waals surface area contributed by atoms with Gasteiger partial charge in [-0.15, -0.1) is 0 Å². The lowest BCUT2D eigenvalue weighted by Crippen LogP contribution is -2.29. The molecule has 1 aliphatic rings. The topological polar surface area (TPSA) is 32.3 Å². The van der Waals surface area contributed by atoms with Crippen molar-refractivity contribution in [1.29, 1.82) is 0 Å². The molecule has 0 fully saturated rings. The normalized spacial score (nSPS) is 19.3. The van der Waals surface area contributed by atoms with E-state index in [4.69, 9.17) is 23.2 Å². The summed E-state index contributed by atoms with van der Waals surface area (Å²) < 4.78 is 0. The summed E-state index contributed by atoms with van der Waals surface area (Å²) in [5.41, 5.74) is 4.61. The number of fused-ring (bicyclic) bond motifs is 1. The summed E-state index contributed by atoms with van der Waals surface area (Å²) in [6.45, 7) is 4.68. The van der Waals surface area contributed by atoms with Crippen molar-refractivity contribution in [2.75, 3.05) is 18.9 Å². The van der Waals surface area contributed by atoms with Gasteiger partial charge in [0.1, 0.15) is 0 Å². The van der Waals surface area contributed by atoms with Gasteiger partial charge in [0.25, 0.3) is 0 Å². The zero-order chi connectivity index (χ0) is 18.8. The summed E-state index contributed by atoms with van der Waals surface area (Å²) >= 11 is 12.4. The van der Waals surface area contributed by atoms with Gasteiger partial charge in [0.15, 0.2) is 0 Å². The van der Waals surface area contributed by atoms with Crippen LogP contribution in [-0.2, 0) is 4.79 Å². The van der Waals surface area contributed by atoms with Crippen LogP contribution in [0, 0.1) is 0 Å². The summed E-state index contributed by atoms with van der Waals surface area (Å²) in [7, 11) is 2.15. The maximum Gasteiger partial charge on any atom is 0.221 e. The summed E-state index contributed by atoms with van der Waals surface area (Å²) in [6, 6.07) is 12.5. The molecule has 5 heteroatoms. The third-order valence-electron chi connectivity index (χ3n) is 5.25. The van der Waals surface area contributed by atoms with Crippen molar-refractivity contribution < 1.29 is 4.79 Å². The molecular formula is C21H24Cl2N2O. The molecular weight excluding hydrogens is 367 g/mol. The summed E-state index contributed by atoms with van der Waals surface area (Å²) in [6.07, 6.45) is 2.12. The molecule has 1 aliphatic carbocycles. The molecule has 3 rings (SSSR count). The van der Waals surface area contributed by atoms with Gasteiger partial charge in [-0.2, -0.15) is 0 Å². The number of carbonyl (C=O) groups is 1. The molecule has 1 amide bonds. The van der Waals surface area contributed by atoms with Crippen LogP contribution in [0.2, 0.25) is 10.0 Å².